The molecule has 1 aromatic carbocycles. The summed E-state index contributed by atoms with van der Waals surface area (Å²) in [7, 11) is 2.10. The van der Waals surface area contributed by atoms with Crippen molar-refractivity contribution in [1.29, 1.82) is 0 Å². The van der Waals surface area contributed by atoms with Crippen LogP contribution in [0.25, 0.3) is 0 Å². The van der Waals surface area contributed by atoms with E-state index in [-0.39, 0.29) is 0 Å². The van der Waals surface area contributed by atoms with Crippen molar-refractivity contribution in [2.45, 2.75) is 19.9 Å². The summed E-state index contributed by atoms with van der Waals surface area (Å²) in [6.07, 6.45) is 1.87. The summed E-state index contributed by atoms with van der Waals surface area (Å²) in [4.78, 5) is 13.8. The second-order valence-electron chi connectivity index (χ2n) is 4.74. The summed E-state index contributed by atoms with van der Waals surface area (Å²) in [5.41, 5.74) is 4.57. The first-order valence-electron chi connectivity index (χ1n) is 6.47. The third kappa shape index (κ3) is 2.96. The zero-order valence-electron chi connectivity index (χ0n) is 11.3. The Morgan fingerprint density at radius 1 is 1.58 bits per heavy atom. The van der Waals surface area contributed by atoms with Crippen LogP contribution in [0.1, 0.15) is 18.1 Å². The summed E-state index contributed by atoms with van der Waals surface area (Å²) in [6.45, 7) is 5.04. The molecule has 0 fully saturated rings. The van der Waals surface area contributed by atoms with Crippen molar-refractivity contribution in [2.24, 2.45) is 5.16 Å². The van der Waals surface area contributed by atoms with Gasteiger partial charge in [-0.25, -0.2) is 0 Å². The summed E-state index contributed by atoms with van der Waals surface area (Å²) < 4.78 is 0. The van der Waals surface area contributed by atoms with Gasteiger partial charge in [0.05, 0.1) is 0 Å². The van der Waals surface area contributed by atoms with Gasteiger partial charge in [0, 0.05) is 18.8 Å². The SMILES string of the molecule is Bc1ccc(NC(=O)/C=N/O)c2c1CCN(CC)C2. The predicted octanol–water partition coefficient (Wildman–Crippen LogP) is -0.279. The number of fused-ring (bicyclic) bond motifs is 1. The maximum atomic E-state index is 11.5. The molecule has 19 heavy (non-hydrogen) atoms. The first kappa shape index (κ1) is 13.6. The molecule has 1 heterocycles. The van der Waals surface area contributed by atoms with Crippen LogP contribution in [0.2, 0.25) is 0 Å². The zero-order chi connectivity index (χ0) is 13.8. The van der Waals surface area contributed by atoms with E-state index in [1.807, 2.05) is 12.1 Å². The highest BCUT2D eigenvalue weighted by molar-refractivity contribution is 6.34. The lowest BCUT2D eigenvalue weighted by atomic mass is 9.83. The second kappa shape index (κ2) is 5.88. The summed E-state index contributed by atoms with van der Waals surface area (Å²) in [5, 5.41) is 13.9. The minimum absolute atomic E-state index is 0.415. The molecule has 5 nitrogen and oxygen atoms in total. The Morgan fingerprint density at radius 3 is 3.05 bits per heavy atom. The number of nitrogens with one attached hydrogen (secondary N) is 1. The van der Waals surface area contributed by atoms with Crippen molar-refractivity contribution in [3.63, 3.8) is 0 Å². The fraction of sp³-hybridized carbons (Fsp3) is 0.385. The lowest BCUT2D eigenvalue weighted by Crippen LogP contribution is -2.34. The summed E-state index contributed by atoms with van der Waals surface area (Å²) in [6, 6.07) is 3.93. The van der Waals surface area contributed by atoms with E-state index in [1.54, 1.807) is 0 Å². The Morgan fingerprint density at radius 2 is 2.37 bits per heavy atom. The molecule has 0 saturated heterocycles. The van der Waals surface area contributed by atoms with Gasteiger partial charge in [-0.3, -0.25) is 9.69 Å². The largest absolute Gasteiger partial charge is 0.411 e. The number of oxime groups is 1. The van der Waals surface area contributed by atoms with Gasteiger partial charge in [-0.2, -0.15) is 0 Å². The first-order valence-corrected chi connectivity index (χ1v) is 6.47. The van der Waals surface area contributed by atoms with Gasteiger partial charge in [0.15, 0.2) is 0 Å². The van der Waals surface area contributed by atoms with E-state index in [0.29, 0.717) is 0 Å². The van der Waals surface area contributed by atoms with Gasteiger partial charge in [0.2, 0.25) is 0 Å². The lowest BCUT2D eigenvalue weighted by Gasteiger charge is -2.30. The molecule has 1 amide bonds. The number of benzene rings is 1. The highest BCUT2D eigenvalue weighted by Crippen LogP contribution is 2.24. The van der Waals surface area contributed by atoms with Crippen LogP contribution in [-0.4, -0.2) is 43.2 Å². The number of hydrogen-bond acceptors (Lipinski definition) is 4. The highest BCUT2D eigenvalue weighted by Gasteiger charge is 2.20. The number of amides is 1. The average Bonchev–Trinajstić information content (AvgIpc) is 2.42. The molecule has 1 aliphatic rings. The molecule has 0 unspecified atom stereocenters. The molecule has 2 rings (SSSR count). The minimum atomic E-state index is -0.415. The second-order valence-corrected chi connectivity index (χ2v) is 4.74. The highest BCUT2D eigenvalue weighted by atomic mass is 16.4. The number of anilines is 1. The van der Waals surface area contributed by atoms with E-state index in [9.17, 15) is 4.79 Å². The topological polar surface area (TPSA) is 64.9 Å². The normalized spacial score (nSPS) is 15.4. The van der Waals surface area contributed by atoms with Gasteiger partial charge < -0.3 is 10.5 Å². The molecule has 0 bridgehead atoms. The van der Waals surface area contributed by atoms with E-state index in [4.69, 9.17) is 5.21 Å². The molecule has 2 N–H and O–H groups in total. The van der Waals surface area contributed by atoms with E-state index < -0.39 is 5.91 Å². The predicted molar refractivity (Wildman–Crippen MR) is 78.2 cm³/mol. The average molecular weight is 259 g/mol. The number of carbonyl (C=O) groups excluding carboxylic acids is 1. The van der Waals surface area contributed by atoms with Crippen LogP contribution in [0, 0.1) is 0 Å². The smallest absolute Gasteiger partial charge is 0.270 e. The maximum absolute atomic E-state index is 11.5. The Bertz CT molecular complexity index is 517. The van der Waals surface area contributed by atoms with Crippen LogP contribution in [0.4, 0.5) is 5.69 Å². The molecule has 0 radical (unpaired) electrons. The minimum Gasteiger partial charge on any atom is -0.411 e. The molecule has 0 atom stereocenters. The van der Waals surface area contributed by atoms with Crippen LogP contribution in [0.5, 0.6) is 0 Å². The fourth-order valence-corrected chi connectivity index (χ4v) is 2.52. The van der Waals surface area contributed by atoms with Gasteiger partial charge in [-0.1, -0.05) is 23.6 Å². The van der Waals surface area contributed by atoms with Gasteiger partial charge in [0.1, 0.15) is 14.1 Å². The Labute approximate surface area is 113 Å². The Balaban J connectivity index is 2.32. The quantitative estimate of drug-likeness (QED) is 0.339. The van der Waals surface area contributed by atoms with Crippen molar-refractivity contribution >= 4 is 31.1 Å². The number of rotatable bonds is 3. The number of hydrogen-bond donors (Lipinski definition) is 2. The summed E-state index contributed by atoms with van der Waals surface area (Å²) in [5.74, 6) is -0.415. The Hall–Kier alpha value is -1.82. The molecule has 0 aromatic heterocycles. The van der Waals surface area contributed by atoms with Crippen LogP contribution >= 0.6 is 0 Å². The molecule has 1 aromatic rings. The van der Waals surface area contributed by atoms with Crippen molar-refractivity contribution in [2.75, 3.05) is 18.4 Å². The molecule has 6 heteroatoms. The Kier molecular flexibility index (Phi) is 4.22. The van der Waals surface area contributed by atoms with Crippen LogP contribution in [-0.2, 0) is 17.8 Å². The number of likely N-dealkylation sites (N-methyl/N-ethyl adjacent to an activating group) is 1. The molecular weight excluding hydrogens is 241 g/mol. The lowest BCUT2D eigenvalue weighted by molar-refractivity contribution is -0.110. The molecule has 0 spiro atoms. The third-order valence-corrected chi connectivity index (χ3v) is 3.61. The van der Waals surface area contributed by atoms with Crippen molar-refractivity contribution in [1.82, 2.24) is 4.90 Å². The van der Waals surface area contributed by atoms with Crippen LogP contribution in [0.15, 0.2) is 17.3 Å². The van der Waals surface area contributed by atoms with E-state index in [1.165, 1.54) is 16.6 Å². The number of nitrogens with zero attached hydrogens (tertiary/aromatic N) is 2. The first-order chi connectivity index (χ1) is 9.15. The van der Waals surface area contributed by atoms with Crippen molar-refractivity contribution < 1.29 is 10.0 Å². The molecular formula is C13H18BN3O2. The molecule has 100 valence electrons. The third-order valence-electron chi connectivity index (χ3n) is 3.61. The standard InChI is InChI=1S/C13H18BN3O2/c1-2-17-6-5-9-10(8-17)12(4-3-11(9)14)16-13(18)7-15-19/h3-4,7,19H,2,5-6,8,14H2,1H3,(H,16,18)/b15-7+. The van der Waals surface area contributed by atoms with E-state index in [2.05, 4.69) is 30.1 Å². The molecule has 0 aliphatic carbocycles. The molecule has 0 saturated carbocycles. The summed E-state index contributed by atoms with van der Waals surface area (Å²) >= 11 is 0. The number of carbonyl (C=O) groups is 1. The van der Waals surface area contributed by atoms with E-state index >= 15 is 0 Å². The van der Waals surface area contributed by atoms with Crippen molar-refractivity contribution in [3.05, 3.63) is 23.3 Å². The zero-order valence-corrected chi connectivity index (χ0v) is 11.3. The fourth-order valence-electron chi connectivity index (χ4n) is 2.52. The van der Waals surface area contributed by atoms with Gasteiger partial charge in [-0.05, 0) is 30.2 Å². The van der Waals surface area contributed by atoms with E-state index in [0.717, 1.165) is 38.0 Å². The van der Waals surface area contributed by atoms with Crippen molar-refractivity contribution in [3.8, 4) is 0 Å². The van der Waals surface area contributed by atoms with Gasteiger partial charge in [0.25, 0.3) is 5.91 Å². The molecule has 1 aliphatic heterocycles. The van der Waals surface area contributed by atoms with Crippen LogP contribution < -0.4 is 10.8 Å². The monoisotopic (exact) mass is 259 g/mol. The van der Waals surface area contributed by atoms with Crippen LogP contribution in [0.3, 0.4) is 0 Å². The van der Waals surface area contributed by atoms with Gasteiger partial charge >= 0.3 is 0 Å². The maximum Gasteiger partial charge on any atom is 0.270 e. The van der Waals surface area contributed by atoms with Gasteiger partial charge in [-0.15, -0.1) is 0 Å².